The quantitative estimate of drug-likeness (QED) is 0.654. The first-order valence-corrected chi connectivity index (χ1v) is 6.74. The molecule has 0 aliphatic rings. The average Bonchev–Trinajstić information content (AvgIpc) is 2.52. The van der Waals surface area contributed by atoms with Gasteiger partial charge in [0, 0.05) is 24.2 Å². The van der Waals surface area contributed by atoms with Crippen LogP contribution in [0.1, 0.15) is 27.0 Å². The van der Waals surface area contributed by atoms with Crippen molar-refractivity contribution >= 4 is 11.6 Å². The zero-order valence-corrected chi connectivity index (χ0v) is 12.1. The molecule has 2 aromatic rings. The van der Waals surface area contributed by atoms with E-state index in [4.69, 9.17) is 0 Å². The van der Waals surface area contributed by atoms with Gasteiger partial charge in [-0.2, -0.15) is 0 Å². The van der Waals surface area contributed by atoms with Gasteiger partial charge in [0.15, 0.2) is 0 Å². The minimum Gasteiger partial charge on any atom is -0.392 e. The molecule has 2 aromatic carbocycles. The number of rotatable bonds is 5. The number of hydrogen-bond acceptors (Lipinski definition) is 4. The Morgan fingerprint density at radius 2 is 1.91 bits per heavy atom. The molecule has 0 aliphatic heterocycles. The fourth-order valence-electron chi connectivity index (χ4n) is 2.17. The van der Waals surface area contributed by atoms with Gasteiger partial charge in [-0.3, -0.25) is 14.9 Å². The second kappa shape index (κ2) is 6.82. The topological polar surface area (TPSA) is 92.5 Å². The Kier molecular flexibility index (Phi) is 4.85. The number of carbonyl (C=O) groups is 1. The number of aryl methyl sites for hydroxylation is 1. The molecule has 114 valence electrons. The van der Waals surface area contributed by atoms with E-state index in [1.54, 1.807) is 13.0 Å². The van der Waals surface area contributed by atoms with Gasteiger partial charge in [0.05, 0.1) is 11.5 Å². The maximum atomic E-state index is 12.2. The summed E-state index contributed by atoms with van der Waals surface area (Å²) in [6.45, 7) is 1.85. The van der Waals surface area contributed by atoms with Crippen molar-refractivity contribution in [2.24, 2.45) is 0 Å². The molecule has 2 N–H and O–H groups in total. The number of hydrogen-bond donors (Lipinski definition) is 2. The van der Waals surface area contributed by atoms with E-state index in [0.717, 1.165) is 11.1 Å². The monoisotopic (exact) mass is 300 g/mol. The van der Waals surface area contributed by atoms with Crippen molar-refractivity contribution in [2.75, 3.05) is 0 Å². The van der Waals surface area contributed by atoms with Crippen LogP contribution in [0, 0.1) is 17.0 Å². The number of non-ortho nitro benzene ring substituents is 1. The smallest absolute Gasteiger partial charge is 0.269 e. The molecule has 0 fully saturated rings. The zero-order chi connectivity index (χ0) is 16.1. The van der Waals surface area contributed by atoms with E-state index in [-0.39, 0.29) is 24.7 Å². The van der Waals surface area contributed by atoms with Crippen LogP contribution in [0.3, 0.4) is 0 Å². The molecule has 0 aromatic heterocycles. The Hall–Kier alpha value is -2.73. The lowest BCUT2D eigenvalue weighted by Crippen LogP contribution is -2.24. The molecule has 0 bridgehead atoms. The Bertz CT molecular complexity index is 713. The van der Waals surface area contributed by atoms with E-state index in [2.05, 4.69) is 5.32 Å². The van der Waals surface area contributed by atoms with Crippen LogP contribution in [0.15, 0.2) is 42.5 Å². The number of amides is 1. The lowest BCUT2D eigenvalue weighted by molar-refractivity contribution is -0.384. The molecule has 0 saturated heterocycles. The van der Waals surface area contributed by atoms with Crippen molar-refractivity contribution < 1.29 is 14.8 Å². The van der Waals surface area contributed by atoms with Gasteiger partial charge in [-0.05, 0) is 29.7 Å². The lowest BCUT2D eigenvalue weighted by atomic mass is 10.1. The molecule has 0 unspecified atom stereocenters. The first-order valence-electron chi connectivity index (χ1n) is 6.74. The van der Waals surface area contributed by atoms with Crippen LogP contribution >= 0.6 is 0 Å². The molecule has 6 nitrogen and oxygen atoms in total. The number of nitrogens with one attached hydrogen (secondary N) is 1. The van der Waals surface area contributed by atoms with E-state index in [0.29, 0.717) is 11.1 Å². The van der Waals surface area contributed by atoms with Crippen LogP contribution < -0.4 is 5.32 Å². The molecule has 0 heterocycles. The third-order valence-electron chi connectivity index (χ3n) is 3.39. The van der Waals surface area contributed by atoms with E-state index >= 15 is 0 Å². The number of benzene rings is 2. The number of aliphatic hydroxyl groups excluding tert-OH is 1. The molecule has 0 saturated carbocycles. The Morgan fingerprint density at radius 1 is 1.23 bits per heavy atom. The highest BCUT2D eigenvalue weighted by Crippen LogP contribution is 2.17. The molecule has 0 atom stereocenters. The summed E-state index contributed by atoms with van der Waals surface area (Å²) in [5.74, 6) is -0.305. The molecule has 0 spiro atoms. The van der Waals surface area contributed by atoms with Gasteiger partial charge in [-0.1, -0.05) is 24.3 Å². The lowest BCUT2D eigenvalue weighted by Gasteiger charge is -2.10. The van der Waals surface area contributed by atoms with Crippen molar-refractivity contribution in [1.29, 1.82) is 0 Å². The van der Waals surface area contributed by atoms with Crippen molar-refractivity contribution in [2.45, 2.75) is 20.1 Å². The van der Waals surface area contributed by atoms with Crippen LogP contribution in [-0.2, 0) is 13.2 Å². The van der Waals surface area contributed by atoms with E-state index in [1.807, 2.05) is 18.2 Å². The van der Waals surface area contributed by atoms with E-state index in [1.165, 1.54) is 18.2 Å². The molecular formula is C16H16N2O4. The minimum absolute atomic E-state index is 0.0420. The van der Waals surface area contributed by atoms with Crippen molar-refractivity contribution in [3.63, 3.8) is 0 Å². The van der Waals surface area contributed by atoms with Crippen LogP contribution in [0.5, 0.6) is 0 Å². The summed E-state index contributed by atoms with van der Waals surface area (Å²) in [4.78, 5) is 22.4. The summed E-state index contributed by atoms with van der Waals surface area (Å²) in [5.41, 5.74) is 2.48. The zero-order valence-electron chi connectivity index (χ0n) is 12.1. The second-order valence-electron chi connectivity index (χ2n) is 4.87. The summed E-state index contributed by atoms with van der Waals surface area (Å²) in [7, 11) is 0. The van der Waals surface area contributed by atoms with E-state index < -0.39 is 4.92 Å². The highest BCUT2D eigenvalue weighted by Gasteiger charge is 2.13. The highest BCUT2D eigenvalue weighted by molar-refractivity contribution is 5.95. The predicted octanol–water partition coefficient (Wildman–Crippen LogP) is 2.33. The molecule has 1 amide bonds. The van der Waals surface area contributed by atoms with Gasteiger partial charge in [0.25, 0.3) is 11.6 Å². The molecular weight excluding hydrogens is 284 g/mol. The predicted molar refractivity (Wildman–Crippen MR) is 81.4 cm³/mol. The fourth-order valence-corrected chi connectivity index (χ4v) is 2.17. The minimum atomic E-state index is -0.494. The molecule has 22 heavy (non-hydrogen) atoms. The van der Waals surface area contributed by atoms with Gasteiger partial charge in [-0.15, -0.1) is 0 Å². The summed E-state index contributed by atoms with van der Waals surface area (Å²) in [6.07, 6.45) is 0. The van der Waals surface area contributed by atoms with Crippen LogP contribution in [0.25, 0.3) is 0 Å². The second-order valence-corrected chi connectivity index (χ2v) is 4.87. The largest absolute Gasteiger partial charge is 0.392 e. The standard InChI is InChI=1S/C16H16N2O4/c1-11-8-14(18(21)22)6-7-15(11)16(20)17-9-12-4-2-3-5-13(12)10-19/h2-8,19H,9-10H2,1H3,(H,17,20). The Labute approximate surface area is 127 Å². The number of nitrogens with zero attached hydrogens (tertiary/aromatic N) is 1. The number of nitro benzene ring substituents is 1. The Morgan fingerprint density at radius 3 is 2.50 bits per heavy atom. The van der Waals surface area contributed by atoms with Crippen molar-refractivity contribution in [1.82, 2.24) is 5.32 Å². The SMILES string of the molecule is Cc1cc([N+](=O)[O-])ccc1C(=O)NCc1ccccc1CO. The third kappa shape index (κ3) is 3.48. The average molecular weight is 300 g/mol. The molecule has 0 radical (unpaired) electrons. The first-order chi connectivity index (χ1) is 10.5. The van der Waals surface area contributed by atoms with Crippen molar-refractivity contribution in [3.05, 3.63) is 74.8 Å². The molecule has 6 heteroatoms. The van der Waals surface area contributed by atoms with Gasteiger partial charge in [-0.25, -0.2) is 0 Å². The Balaban J connectivity index is 2.11. The maximum Gasteiger partial charge on any atom is 0.269 e. The van der Waals surface area contributed by atoms with Crippen LogP contribution in [0.2, 0.25) is 0 Å². The highest BCUT2D eigenvalue weighted by atomic mass is 16.6. The molecule has 2 rings (SSSR count). The summed E-state index contributed by atoms with van der Waals surface area (Å²) in [5, 5.41) is 22.7. The van der Waals surface area contributed by atoms with Gasteiger partial charge in [0.2, 0.25) is 0 Å². The molecule has 0 aliphatic carbocycles. The van der Waals surface area contributed by atoms with E-state index in [9.17, 15) is 20.0 Å². The number of carbonyl (C=O) groups excluding carboxylic acids is 1. The number of nitro groups is 1. The third-order valence-corrected chi connectivity index (χ3v) is 3.39. The summed E-state index contributed by atoms with van der Waals surface area (Å²) < 4.78 is 0. The summed E-state index contributed by atoms with van der Waals surface area (Å²) in [6, 6.07) is 11.4. The van der Waals surface area contributed by atoms with Gasteiger partial charge >= 0.3 is 0 Å². The van der Waals surface area contributed by atoms with Gasteiger partial charge < -0.3 is 10.4 Å². The van der Waals surface area contributed by atoms with Crippen LogP contribution in [-0.4, -0.2) is 15.9 Å². The number of aliphatic hydroxyl groups is 1. The summed E-state index contributed by atoms with van der Waals surface area (Å²) >= 11 is 0. The van der Waals surface area contributed by atoms with Gasteiger partial charge in [0.1, 0.15) is 0 Å². The van der Waals surface area contributed by atoms with Crippen molar-refractivity contribution in [3.8, 4) is 0 Å². The van der Waals surface area contributed by atoms with Crippen LogP contribution in [0.4, 0.5) is 5.69 Å². The maximum absolute atomic E-state index is 12.2. The normalized spacial score (nSPS) is 10.3. The fraction of sp³-hybridized carbons (Fsp3) is 0.188. The first kappa shape index (κ1) is 15.7.